The molecule has 0 unspecified atom stereocenters. The molecule has 134 valence electrons. The number of anilines is 1. The van der Waals surface area contributed by atoms with E-state index < -0.39 is 16.6 Å². The normalized spacial score (nSPS) is 11.1. The molecule has 0 saturated heterocycles. The van der Waals surface area contributed by atoms with Gasteiger partial charge in [-0.25, -0.2) is 13.8 Å². The maximum atomic E-state index is 13.7. The number of nitro groups is 1. The van der Waals surface area contributed by atoms with E-state index in [0.717, 1.165) is 12.1 Å². The van der Waals surface area contributed by atoms with Crippen LogP contribution >= 0.6 is 11.3 Å². The first-order chi connectivity index (χ1) is 13.0. The number of nitro benzene ring substituents is 1. The molecule has 0 saturated carbocycles. The van der Waals surface area contributed by atoms with Gasteiger partial charge in [-0.1, -0.05) is 12.1 Å². The fourth-order valence-corrected chi connectivity index (χ4v) is 3.00. The molecule has 1 aromatic heterocycles. The lowest BCUT2D eigenvalue weighted by atomic mass is 10.1. The summed E-state index contributed by atoms with van der Waals surface area (Å²) in [6.45, 7) is 0. The zero-order valence-electron chi connectivity index (χ0n) is 13.5. The van der Waals surface area contributed by atoms with E-state index in [-0.39, 0.29) is 16.9 Å². The van der Waals surface area contributed by atoms with Gasteiger partial charge in [-0.2, -0.15) is 5.26 Å². The van der Waals surface area contributed by atoms with E-state index in [1.54, 1.807) is 17.5 Å². The van der Waals surface area contributed by atoms with Crippen molar-refractivity contribution >= 4 is 28.3 Å². The van der Waals surface area contributed by atoms with E-state index in [9.17, 15) is 24.2 Å². The minimum absolute atomic E-state index is 0.0135. The summed E-state index contributed by atoms with van der Waals surface area (Å²) in [6.07, 6.45) is 1.27. The predicted molar refractivity (Wildman–Crippen MR) is 97.8 cm³/mol. The largest absolute Gasteiger partial charge is 0.358 e. The van der Waals surface area contributed by atoms with Crippen molar-refractivity contribution in [2.75, 3.05) is 5.32 Å². The summed E-state index contributed by atoms with van der Waals surface area (Å²) in [5.74, 6) is -1.50. The van der Waals surface area contributed by atoms with Gasteiger partial charge in [-0.15, -0.1) is 11.3 Å². The van der Waals surface area contributed by atoms with Crippen LogP contribution in [0.5, 0.6) is 0 Å². The number of nitriles is 1. The van der Waals surface area contributed by atoms with Crippen LogP contribution in [-0.2, 0) is 0 Å². The van der Waals surface area contributed by atoms with Gasteiger partial charge in [0, 0.05) is 35.3 Å². The number of benzene rings is 2. The first-order valence-electron chi connectivity index (χ1n) is 7.50. The Morgan fingerprint density at radius 2 is 2.11 bits per heavy atom. The van der Waals surface area contributed by atoms with Crippen LogP contribution in [0.1, 0.15) is 5.01 Å². The quantitative estimate of drug-likeness (QED) is 0.381. The maximum Gasteiger partial charge on any atom is 0.270 e. The number of nitrogens with zero attached hydrogens (tertiary/aromatic N) is 3. The molecule has 0 amide bonds. The second kappa shape index (κ2) is 7.72. The van der Waals surface area contributed by atoms with Crippen molar-refractivity contribution in [3.05, 3.63) is 80.8 Å². The second-order valence-electron chi connectivity index (χ2n) is 5.28. The number of thiazole rings is 1. The van der Waals surface area contributed by atoms with Gasteiger partial charge in [0.1, 0.15) is 28.3 Å². The van der Waals surface area contributed by atoms with Crippen molar-refractivity contribution in [3.63, 3.8) is 0 Å². The number of allylic oxidation sites excluding steroid dienone is 1. The summed E-state index contributed by atoms with van der Waals surface area (Å²) < 4.78 is 26.6. The predicted octanol–water partition coefficient (Wildman–Crippen LogP) is 4.97. The maximum absolute atomic E-state index is 13.7. The van der Waals surface area contributed by atoms with Gasteiger partial charge in [0.2, 0.25) is 0 Å². The average Bonchev–Trinajstić information content (AvgIpc) is 3.14. The van der Waals surface area contributed by atoms with Crippen LogP contribution in [0.2, 0.25) is 0 Å². The zero-order valence-corrected chi connectivity index (χ0v) is 14.3. The third-order valence-electron chi connectivity index (χ3n) is 3.51. The van der Waals surface area contributed by atoms with Gasteiger partial charge in [0.05, 0.1) is 16.3 Å². The summed E-state index contributed by atoms with van der Waals surface area (Å²) in [6, 6.07) is 11.0. The topological polar surface area (TPSA) is 91.8 Å². The molecular weight excluding hydrogens is 374 g/mol. The van der Waals surface area contributed by atoms with E-state index in [1.807, 2.05) is 6.07 Å². The molecule has 0 aliphatic rings. The van der Waals surface area contributed by atoms with Crippen molar-refractivity contribution in [3.8, 4) is 17.3 Å². The highest BCUT2D eigenvalue weighted by molar-refractivity contribution is 7.11. The van der Waals surface area contributed by atoms with Crippen LogP contribution in [0.25, 0.3) is 16.8 Å². The molecule has 0 bridgehead atoms. The number of halogens is 2. The highest BCUT2D eigenvalue weighted by Crippen LogP contribution is 2.28. The first-order valence-corrected chi connectivity index (χ1v) is 8.38. The molecule has 0 spiro atoms. The van der Waals surface area contributed by atoms with E-state index in [0.29, 0.717) is 16.3 Å². The Hall–Kier alpha value is -3.64. The molecule has 0 aliphatic heterocycles. The summed E-state index contributed by atoms with van der Waals surface area (Å²) >= 11 is 1.17. The van der Waals surface area contributed by atoms with Crippen molar-refractivity contribution in [1.82, 2.24) is 4.98 Å². The highest BCUT2D eigenvalue weighted by atomic mass is 32.1. The second-order valence-corrected chi connectivity index (χ2v) is 6.14. The van der Waals surface area contributed by atoms with Crippen LogP contribution in [0, 0.1) is 33.1 Å². The monoisotopic (exact) mass is 384 g/mol. The average molecular weight is 384 g/mol. The van der Waals surface area contributed by atoms with Crippen LogP contribution < -0.4 is 5.32 Å². The van der Waals surface area contributed by atoms with E-state index >= 15 is 0 Å². The fourth-order valence-electron chi connectivity index (χ4n) is 2.21. The van der Waals surface area contributed by atoms with Crippen LogP contribution in [0.3, 0.4) is 0 Å². The number of aromatic nitrogens is 1. The SMILES string of the molecule is N#C/C(=C\Nc1ccc(F)cc1F)c1nc(-c2cccc([N+](=O)[O-])c2)cs1. The van der Waals surface area contributed by atoms with E-state index in [4.69, 9.17) is 0 Å². The van der Waals surface area contributed by atoms with Crippen molar-refractivity contribution < 1.29 is 13.7 Å². The molecule has 9 heteroatoms. The Balaban J connectivity index is 1.86. The molecule has 0 radical (unpaired) electrons. The standard InChI is InChI=1S/C18H10F2N4O2S/c19-13-4-5-16(15(20)7-13)22-9-12(8-21)18-23-17(10-27-18)11-2-1-3-14(6-11)24(25)26/h1-7,9-10,22H/b12-9+. The van der Waals surface area contributed by atoms with Gasteiger partial charge in [0.25, 0.3) is 5.69 Å². The van der Waals surface area contributed by atoms with Crippen LogP contribution in [-0.4, -0.2) is 9.91 Å². The van der Waals surface area contributed by atoms with E-state index in [1.165, 1.54) is 35.7 Å². The molecule has 6 nitrogen and oxygen atoms in total. The molecular formula is C18H10F2N4O2S. The Morgan fingerprint density at radius 3 is 2.81 bits per heavy atom. The lowest BCUT2D eigenvalue weighted by molar-refractivity contribution is -0.384. The Bertz CT molecular complexity index is 1090. The molecule has 1 heterocycles. The first kappa shape index (κ1) is 18.2. The lowest BCUT2D eigenvalue weighted by Gasteiger charge is -2.03. The Kier molecular flexibility index (Phi) is 5.19. The highest BCUT2D eigenvalue weighted by Gasteiger charge is 2.12. The molecule has 2 aromatic carbocycles. The molecule has 27 heavy (non-hydrogen) atoms. The Morgan fingerprint density at radius 1 is 1.30 bits per heavy atom. The molecule has 0 fully saturated rings. The van der Waals surface area contributed by atoms with Gasteiger partial charge in [-0.05, 0) is 12.1 Å². The molecule has 0 atom stereocenters. The van der Waals surface area contributed by atoms with Crippen molar-refractivity contribution in [1.29, 1.82) is 5.26 Å². The third-order valence-corrected chi connectivity index (χ3v) is 4.39. The minimum Gasteiger partial charge on any atom is -0.358 e. The number of nitrogens with one attached hydrogen (secondary N) is 1. The molecule has 3 rings (SSSR count). The lowest BCUT2D eigenvalue weighted by Crippen LogP contribution is -1.94. The number of hydrogen-bond acceptors (Lipinski definition) is 6. The van der Waals surface area contributed by atoms with Gasteiger partial charge < -0.3 is 5.32 Å². The van der Waals surface area contributed by atoms with Crippen LogP contribution in [0.4, 0.5) is 20.2 Å². The summed E-state index contributed by atoms with van der Waals surface area (Å²) in [4.78, 5) is 14.7. The fraction of sp³-hybridized carbons (Fsp3) is 0. The van der Waals surface area contributed by atoms with Crippen LogP contribution in [0.15, 0.2) is 54.0 Å². The zero-order chi connectivity index (χ0) is 19.4. The number of hydrogen-bond donors (Lipinski definition) is 1. The van der Waals surface area contributed by atoms with Gasteiger partial charge in [0.15, 0.2) is 0 Å². The van der Waals surface area contributed by atoms with Crippen molar-refractivity contribution in [2.24, 2.45) is 0 Å². The summed E-state index contributed by atoms with van der Waals surface area (Å²) in [7, 11) is 0. The molecule has 3 aromatic rings. The van der Waals surface area contributed by atoms with Gasteiger partial charge in [-0.3, -0.25) is 10.1 Å². The van der Waals surface area contributed by atoms with Gasteiger partial charge >= 0.3 is 0 Å². The minimum atomic E-state index is -0.792. The number of non-ortho nitro benzene ring substituents is 1. The smallest absolute Gasteiger partial charge is 0.270 e. The molecule has 0 aliphatic carbocycles. The Labute approximate surface area is 156 Å². The third kappa shape index (κ3) is 4.13. The summed E-state index contributed by atoms with van der Waals surface area (Å²) in [5, 5.41) is 24.9. The molecule has 1 N–H and O–H groups in total. The number of rotatable bonds is 5. The summed E-state index contributed by atoms with van der Waals surface area (Å²) in [5.41, 5.74) is 1.11. The van der Waals surface area contributed by atoms with Crippen molar-refractivity contribution in [2.45, 2.75) is 0 Å². The van der Waals surface area contributed by atoms with E-state index in [2.05, 4.69) is 10.3 Å².